The number of thiazole rings is 1. The van der Waals surface area contributed by atoms with Gasteiger partial charge in [-0.25, -0.2) is 4.98 Å². The number of thioether (sulfide) groups is 1. The van der Waals surface area contributed by atoms with Crippen LogP contribution in [0.5, 0.6) is 0 Å². The van der Waals surface area contributed by atoms with E-state index in [4.69, 9.17) is 4.98 Å². The van der Waals surface area contributed by atoms with E-state index >= 15 is 0 Å². The number of benzene rings is 3. The van der Waals surface area contributed by atoms with Crippen molar-refractivity contribution in [3.8, 4) is 0 Å². The molecule has 0 radical (unpaired) electrons. The fourth-order valence-electron chi connectivity index (χ4n) is 4.24. The van der Waals surface area contributed by atoms with Crippen molar-refractivity contribution in [2.45, 2.75) is 17.0 Å². The molecule has 8 heteroatoms. The quantitative estimate of drug-likeness (QED) is 0.341. The van der Waals surface area contributed by atoms with Crippen LogP contribution in [0.3, 0.4) is 0 Å². The van der Waals surface area contributed by atoms with Gasteiger partial charge in [0.05, 0.1) is 21.3 Å². The van der Waals surface area contributed by atoms with Crippen LogP contribution in [0.15, 0.2) is 71.1 Å². The summed E-state index contributed by atoms with van der Waals surface area (Å²) in [6.07, 6.45) is 0. The largest absolute Gasteiger partial charge is 0.336 e. The Morgan fingerprint density at radius 2 is 1.75 bits per heavy atom. The number of carbonyl (C=O) groups is 2. The molecule has 4 aromatic rings. The van der Waals surface area contributed by atoms with Gasteiger partial charge in [0.15, 0.2) is 4.34 Å². The summed E-state index contributed by atoms with van der Waals surface area (Å²) in [5.74, 6) is 0.483. The summed E-state index contributed by atoms with van der Waals surface area (Å²) in [6, 6.07) is 21.3. The third-order valence-corrected chi connectivity index (χ3v) is 8.50. The predicted molar refractivity (Wildman–Crippen MR) is 148 cm³/mol. The van der Waals surface area contributed by atoms with E-state index in [1.165, 1.54) is 11.1 Å². The molecule has 36 heavy (non-hydrogen) atoms. The topological polar surface area (TPSA) is 65.5 Å². The van der Waals surface area contributed by atoms with E-state index in [2.05, 4.69) is 48.5 Å². The maximum absolute atomic E-state index is 13.2. The summed E-state index contributed by atoms with van der Waals surface area (Å²) in [5, 5.41) is 2.98. The van der Waals surface area contributed by atoms with E-state index in [1.807, 2.05) is 23.1 Å². The Hall–Kier alpha value is -3.20. The molecule has 0 bridgehead atoms. The summed E-state index contributed by atoms with van der Waals surface area (Å²) in [5.41, 5.74) is 4.96. The van der Waals surface area contributed by atoms with Crippen molar-refractivity contribution in [3.63, 3.8) is 0 Å². The van der Waals surface area contributed by atoms with Crippen molar-refractivity contribution in [1.82, 2.24) is 14.8 Å². The van der Waals surface area contributed by atoms with Gasteiger partial charge in [0.2, 0.25) is 0 Å². The molecule has 3 aromatic carbocycles. The molecule has 6 nitrogen and oxygen atoms in total. The maximum atomic E-state index is 13.2. The minimum Gasteiger partial charge on any atom is -0.336 e. The second kappa shape index (κ2) is 10.8. The molecule has 1 aliphatic rings. The standard InChI is InChI=1S/C28H28N4O2S2/c1-19-6-5-7-20(16-19)18-35-28-30-24-11-10-21(17-25(24)36-28)29-26(33)22-8-3-4-9-23(22)27(34)32-14-12-31(2)13-15-32/h3-11,16-17H,12-15,18H2,1-2H3,(H,29,33). The number of aromatic nitrogens is 1. The van der Waals surface area contributed by atoms with Crippen molar-refractivity contribution in [1.29, 1.82) is 0 Å². The summed E-state index contributed by atoms with van der Waals surface area (Å²) in [4.78, 5) is 35.1. The molecule has 1 saturated heterocycles. The van der Waals surface area contributed by atoms with E-state index in [-0.39, 0.29) is 11.8 Å². The average Bonchev–Trinajstić information content (AvgIpc) is 3.30. The van der Waals surface area contributed by atoms with Crippen LogP contribution < -0.4 is 5.32 Å². The maximum Gasteiger partial charge on any atom is 0.256 e. The Balaban J connectivity index is 1.29. The van der Waals surface area contributed by atoms with Gasteiger partial charge < -0.3 is 15.1 Å². The lowest BCUT2D eigenvalue weighted by atomic mass is 10.0. The van der Waals surface area contributed by atoms with Crippen LogP contribution in [-0.4, -0.2) is 59.8 Å². The first-order valence-corrected chi connectivity index (χ1v) is 13.7. The van der Waals surface area contributed by atoms with Crippen LogP contribution in [0.4, 0.5) is 5.69 Å². The van der Waals surface area contributed by atoms with Gasteiger partial charge >= 0.3 is 0 Å². The monoisotopic (exact) mass is 516 g/mol. The number of nitrogens with one attached hydrogen (secondary N) is 1. The highest BCUT2D eigenvalue weighted by Gasteiger charge is 2.24. The van der Waals surface area contributed by atoms with Gasteiger partial charge in [-0.05, 0) is 49.9 Å². The lowest BCUT2D eigenvalue weighted by Crippen LogP contribution is -2.47. The van der Waals surface area contributed by atoms with Crippen LogP contribution in [0.2, 0.25) is 0 Å². The average molecular weight is 517 g/mol. The van der Waals surface area contributed by atoms with Crippen LogP contribution in [-0.2, 0) is 5.75 Å². The van der Waals surface area contributed by atoms with Gasteiger partial charge in [-0.2, -0.15) is 0 Å². The van der Waals surface area contributed by atoms with Crippen molar-refractivity contribution in [2.75, 3.05) is 38.5 Å². The van der Waals surface area contributed by atoms with Crippen LogP contribution in [0.1, 0.15) is 31.8 Å². The predicted octanol–water partition coefficient (Wildman–Crippen LogP) is 5.54. The van der Waals surface area contributed by atoms with Gasteiger partial charge in [-0.1, -0.05) is 53.7 Å². The Kier molecular flexibility index (Phi) is 7.36. The lowest BCUT2D eigenvalue weighted by Gasteiger charge is -2.32. The van der Waals surface area contributed by atoms with Gasteiger partial charge in [0, 0.05) is 37.6 Å². The van der Waals surface area contributed by atoms with E-state index < -0.39 is 0 Å². The normalized spacial score (nSPS) is 14.2. The number of rotatable bonds is 6. The van der Waals surface area contributed by atoms with Gasteiger partial charge in [-0.15, -0.1) is 11.3 Å². The molecule has 2 amide bonds. The summed E-state index contributed by atoms with van der Waals surface area (Å²) in [6.45, 7) is 5.10. The second-order valence-electron chi connectivity index (χ2n) is 9.04. The number of hydrogen-bond donors (Lipinski definition) is 1. The fourth-order valence-corrected chi connectivity index (χ4v) is 6.29. The third-order valence-electron chi connectivity index (χ3n) is 6.26. The second-order valence-corrected chi connectivity index (χ2v) is 11.3. The van der Waals surface area contributed by atoms with Crippen LogP contribution >= 0.6 is 23.1 Å². The number of nitrogens with zero attached hydrogens (tertiary/aromatic N) is 3. The Morgan fingerprint density at radius 3 is 2.53 bits per heavy atom. The van der Waals surface area contributed by atoms with E-state index in [0.717, 1.165) is 33.4 Å². The number of piperazine rings is 1. The molecular formula is C28H28N4O2S2. The molecule has 1 aliphatic heterocycles. The molecule has 0 unspecified atom stereocenters. The van der Waals surface area contributed by atoms with E-state index in [1.54, 1.807) is 47.4 Å². The molecule has 184 valence electrons. The Bertz CT molecular complexity index is 1410. The summed E-state index contributed by atoms with van der Waals surface area (Å²) < 4.78 is 2.01. The number of amides is 2. The first kappa shape index (κ1) is 24.5. The number of carbonyl (C=O) groups excluding carboxylic acids is 2. The molecule has 1 aromatic heterocycles. The highest BCUT2D eigenvalue weighted by molar-refractivity contribution is 8.00. The molecule has 1 N–H and O–H groups in total. The fraction of sp³-hybridized carbons (Fsp3) is 0.250. The SMILES string of the molecule is Cc1cccc(CSc2nc3ccc(NC(=O)c4ccccc4C(=O)N4CCN(C)CC4)cc3s2)c1. The van der Waals surface area contributed by atoms with Crippen molar-refractivity contribution >= 4 is 50.8 Å². The zero-order valence-electron chi connectivity index (χ0n) is 20.4. The minimum absolute atomic E-state index is 0.0953. The first-order valence-electron chi connectivity index (χ1n) is 11.9. The number of anilines is 1. The van der Waals surface area contributed by atoms with Gasteiger partial charge in [0.1, 0.15) is 0 Å². The number of aryl methyl sites for hydroxylation is 1. The molecule has 0 saturated carbocycles. The van der Waals surface area contributed by atoms with Crippen LogP contribution in [0, 0.1) is 6.92 Å². The lowest BCUT2D eigenvalue weighted by molar-refractivity contribution is 0.0660. The van der Waals surface area contributed by atoms with Crippen LogP contribution in [0.25, 0.3) is 10.2 Å². The summed E-state index contributed by atoms with van der Waals surface area (Å²) >= 11 is 3.34. The van der Waals surface area contributed by atoms with Gasteiger partial charge in [-0.3, -0.25) is 9.59 Å². The molecule has 5 rings (SSSR count). The molecule has 0 aliphatic carbocycles. The number of hydrogen-bond acceptors (Lipinski definition) is 6. The molecular weight excluding hydrogens is 488 g/mol. The number of likely N-dealkylation sites (N-methyl/N-ethyl adjacent to an activating group) is 1. The van der Waals surface area contributed by atoms with E-state index in [9.17, 15) is 9.59 Å². The molecule has 0 spiro atoms. The smallest absolute Gasteiger partial charge is 0.256 e. The molecule has 1 fully saturated rings. The Morgan fingerprint density at radius 1 is 0.972 bits per heavy atom. The highest BCUT2D eigenvalue weighted by Crippen LogP contribution is 2.33. The molecule has 2 heterocycles. The van der Waals surface area contributed by atoms with Crippen molar-refractivity contribution < 1.29 is 9.59 Å². The van der Waals surface area contributed by atoms with Crippen molar-refractivity contribution in [3.05, 3.63) is 89.0 Å². The Labute approximate surface area is 219 Å². The first-order chi connectivity index (χ1) is 17.5. The molecule has 0 atom stereocenters. The zero-order valence-corrected chi connectivity index (χ0v) is 22.0. The zero-order chi connectivity index (χ0) is 25.1. The van der Waals surface area contributed by atoms with E-state index in [0.29, 0.717) is 29.9 Å². The highest BCUT2D eigenvalue weighted by atomic mass is 32.2. The van der Waals surface area contributed by atoms with Gasteiger partial charge in [0.25, 0.3) is 11.8 Å². The van der Waals surface area contributed by atoms with Crippen molar-refractivity contribution in [2.24, 2.45) is 0 Å². The third kappa shape index (κ3) is 5.61. The summed E-state index contributed by atoms with van der Waals surface area (Å²) in [7, 11) is 2.05. The number of fused-ring (bicyclic) bond motifs is 1. The minimum atomic E-state index is -0.286.